The van der Waals surface area contributed by atoms with E-state index in [1.165, 1.54) is 20.2 Å². The number of furan rings is 1. The van der Waals surface area contributed by atoms with Crippen LogP contribution in [0, 0.1) is 5.92 Å². The molecule has 0 saturated carbocycles. The summed E-state index contributed by atoms with van der Waals surface area (Å²) in [5.74, 6) is 0.896. The minimum absolute atomic E-state index is 0.0322. The van der Waals surface area contributed by atoms with Crippen molar-refractivity contribution in [3.8, 4) is 0 Å². The van der Waals surface area contributed by atoms with Gasteiger partial charge in [-0.05, 0) is 38.1 Å². The Morgan fingerprint density at radius 3 is 2.35 bits per heavy atom. The monoisotopic (exact) mass is 343 g/mol. The summed E-state index contributed by atoms with van der Waals surface area (Å²) in [6.07, 6.45) is 1.64. The molecule has 1 aromatic heterocycles. The number of carbonyl (C=O) groups excluding carboxylic acids is 1. The Labute approximate surface area is 137 Å². The number of amides is 1. The lowest BCUT2D eigenvalue weighted by atomic mass is 9.95. The van der Waals surface area contributed by atoms with Crippen LogP contribution in [0.5, 0.6) is 0 Å². The molecule has 1 fully saturated rings. The quantitative estimate of drug-likeness (QED) is 0.792. The molecule has 0 spiro atoms. The van der Waals surface area contributed by atoms with E-state index in [4.69, 9.17) is 4.42 Å². The van der Waals surface area contributed by atoms with Crippen molar-refractivity contribution in [1.29, 1.82) is 0 Å². The van der Waals surface area contributed by atoms with Gasteiger partial charge in [0.15, 0.2) is 0 Å². The minimum Gasteiger partial charge on any atom is -0.447 e. The molecule has 1 amide bonds. The average Bonchev–Trinajstić information content (AvgIpc) is 2.96. The number of sulfonamides is 1. The van der Waals surface area contributed by atoms with Crippen LogP contribution in [0.25, 0.3) is 0 Å². The maximum absolute atomic E-state index is 12.0. The van der Waals surface area contributed by atoms with E-state index in [1.807, 2.05) is 0 Å². The number of likely N-dealkylation sites (tertiary alicyclic amines) is 1. The molecule has 0 N–H and O–H groups in total. The SMILES string of the molecule is CN(C)C(=O)C1CCN(Cc2ccc(S(=O)(=O)N(C)C)o2)CC1. The second-order valence-electron chi connectivity index (χ2n) is 6.29. The van der Waals surface area contributed by atoms with Gasteiger partial charge < -0.3 is 9.32 Å². The molecule has 7 nitrogen and oxygen atoms in total. The van der Waals surface area contributed by atoms with E-state index in [9.17, 15) is 13.2 Å². The molecule has 0 aliphatic carbocycles. The first kappa shape index (κ1) is 18.0. The average molecular weight is 343 g/mol. The highest BCUT2D eigenvalue weighted by molar-refractivity contribution is 7.88. The van der Waals surface area contributed by atoms with E-state index in [0.717, 1.165) is 30.2 Å². The van der Waals surface area contributed by atoms with Gasteiger partial charge in [0, 0.05) is 34.1 Å². The van der Waals surface area contributed by atoms with E-state index >= 15 is 0 Å². The lowest BCUT2D eigenvalue weighted by Crippen LogP contribution is -2.39. The number of nitrogens with zero attached hydrogens (tertiary/aromatic N) is 3. The van der Waals surface area contributed by atoms with Gasteiger partial charge in [-0.1, -0.05) is 0 Å². The first-order chi connectivity index (χ1) is 10.7. The van der Waals surface area contributed by atoms with E-state index in [2.05, 4.69) is 4.90 Å². The Hall–Kier alpha value is -1.38. The first-order valence-corrected chi connectivity index (χ1v) is 9.10. The van der Waals surface area contributed by atoms with Crippen LogP contribution < -0.4 is 0 Å². The maximum atomic E-state index is 12.0. The van der Waals surface area contributed by atoms with Gasteiger partial charge in [-0.15, -0.1) is 0 Å². The highest BCUT2D eigenvalue weighted by atomic mass is 32.2. The highest BCUT2D eigenvalue weighted by Crippen LogP contribution is 2.22. The molecule has 23 heavy (non-hydrogen) atoms. The van der Waals surface area contributed by atoms with Gasteiger partial charge in [0.25, 0.3) is 10.0 Å². The molecule has 0 bridgehead atoms. The third-order valence-corrected chi connectivity index (χ3v) is 5.82. The summed E-state index contributed by atoms with van der Waals surface area (Å²) in [5, 5.41) is -0.0322. The van der Waals surface area contributed by atoms with Crippen molar-refractivity contribution in [1.82, 2.24) is 14.1 Å². The number of hydrogen-bond donors (Lipinski definition) is 0. The molecule has 1 saturated heterocycles. The number of rotatable bonds is 5. The van der Waals surface area contributed by atoms with Gasteiger partial charge in [0.1, 0.15) is 5.76 Å². The Morgan fingerprint density at radius 2 is 1.83 bits per heavy atom. The predicted octanol–water partition coefficient (Wildman–Crippen LogP) is 0.830. The van der Waals surface area contributed by atoms with Crippen molar-refractivity contribution in [3.05, 3.63) is 17.9 Å². The lowest BCUT2D eigenvalue weighted by Gasteiger charge is -2.31. The van der Waals surface area contributed by atoms with Crippen LogP contribution in [0.2, 0.25) is 0 Å². The molecule has 1 aromatic rings. The van der Waals surface area contributed by atoms with Crippen LogP contribution in [0.4, 0.5) is 0 Å². The van der Waals surface area contributed by atoms with Crippen molar-refractivity contribution in [2.75, 3.05) is 41.3 Å². The molecule has 2 rings (SSSR count). The van der Waals surface area contributed by atoms with Crippen LogP contribution >= 0.6 is 0 Å². The van der Waals surface area contributed by atoms with E-state index < -0.39 is 10.0 Å². The van der Waals surface area contributed by atoms with Crippen molar-refractivity contribution < 1.29 is 17.6 Å². The van der Waals surface area contributed by atoms with Crippen LogP contribution in [0.15, 0.2) is 21.6 Å². The molecule has 0 aromatic carbocycles. The molecule has 0 unspecified atom stereocenters. The van der Waals surface area contributed by atoms with Crippen molar-refractivity contribution in [3.63, 3.8) is 0 Å². The smallest absolute Gasteiger partial charge is 0.275 e. The Kier molecular flexibility index (Phi) is 5.49. The summed E-state index contributed by atoms with van der Waals surface area (Å²) >= 11 is 0. The molecule has 8 heteroatoms. The molecular formula is C15H25N3O4S. The zero-order chi connectivity index (χ0) is 17.2. The summed E-state index contributed by atoms with van der Waals surface area (Å²) in [7, 11) is 2.99. The number of piperidine rings is 1. The first-order valence-electron chi connectivity index (χ1n) is 7.66. The standard InChI is InChI=1S/C15H25N3O4S/c1-16(2)15(19)12-7-9-18(10-8-12)11-13-5-6-14(22-13)23(20,21)17(3)4/h5-6,12H,7-11H2,1-4H3. The van der Waals surface area contributed by atoms with Crippen molar-refractivity contribution in [2.24, 2.45) is 5.92 Å². The number of hydrogen-bond acceptors (Lipinski definition) is 5. The molecular weight excluding hydrogens is 318 g/mol. The third kappa shape index (κ3) is 4.13. The van der Waals surface area contributed by atoms with Gasteiger partial charge >= 0.3 is 0 Å². The Morgan fingerprint density at radius 1 is 1.22 bits per heavy atom. The Balaban J connectivity index is 1.93. The van der Waals surface area contributed by atoms with Crippen LogP contribution in [-0.2, 0) is 21.4 Å². The van der Waals surface area contributed by atoms with E-state index in [-0.39, 0.29) is 16.9 Å². The fraction of sp³-hybridized carbons (Fsp3) is 0.667. The zero-order valence-corrected chi connectivity index (χ0v) is 15.0. The van der Waals surface area contributed by atoms with Gasteiger partial charge in [-0.3, -0.25) is 9.69 Å². The molecule has 0 atom stereocenters. The van der Waals surface area contributed by atoms with Crippen LogP contribution in [-0.4, -0.2) is 69.7 Å². The fourth-order valence-electron chi connectivity index (χ4n) is 2.69. The highest BCUT2D eigenvalue weighted by Gasteiger charge is 2.27. The van der Waals surface area contributed by atoms with E-state index in [0.29, 0.717) is 12.3 Å². The lowest BCUT2D eigenvalue weighted by molar-refractivity contribution is -0.134. The summed E-state index contributed by atoms with van der Waals surface area (Å²) < 4.78 is 30.6. The minimum atomic E-state index is -3.53. The second-order valence-corrected chi connectivity index (χ2v) is 8.37. The van der Waals surface area contributed by atoms with Crippen molar-refractivity contribution in [2.45, 2.75) is 24.5 Å². The maximum Gasteiger partial charge on any atom is 0.275 e. The van der Waals surface area contributed by atoms with Crippen molar-refractivity contribution >= 4 is 15.9 Å². The summed E-state index contributed by atoms with van der Waals surface area (Å²) in [4.78, 5) is 15.8. The zero-order valence-electron chi connectivity index (χ0n) is 14.2. The summed E-state index contributed by atoms with van der Waals surface area (Å²) in [5.41, 5.74) is 0. The van der Waals surface area contributed by atoms with Gasteiger partial charge in [-0.25, -0.2) is 12.7 Å². The fourth-order valence-corrected chi connectivity index (χ4v) is 3.50. The van der Waals surface area contributed by atoms with Crippen LogP contribution in [0.1, 0.15) is 18.6 Å². The van der Waals surface area contributed by atoms with E-state index in [1.54, 1.807) is 25.1 Å². The largest absolute Gasteiger partial charge is 0.447 e. The third-order valence-electron chi connectivity index (χ3n) is 4.13. The molecule has 1 aliphatic rings. The summed E-state index contributed by atoms with van der Waals surface area (Å²) in [6, 6.07) is 3.19. The topological polar surface area (TPSA) is 74.1 Å². The molecule has 1 aliphatic heterocycles. The normalized spacial score (nSPS) is 17.6. The Bertz CT molecular complexity index is 643. The molecule has 2 heterocycles. The predicted molar refractivity (Wildman–Crippen MR) is 86.3 cm³/mol. The second kappa shape index (κ2) is 7.02. The van der Waals surface area contributed by atoms with Gasteiger partial charge in [0.05, 0.1) is 6.54 Å². The van der Waals surface area contributed by atoms with Crippen LogP contribution in [0.3, 0.4) is 0 Å². The van der Waals surface area contributed by atoms with Gasteiger partial charge in [-0.2, -0.15) is 0 Å². The number of carbonyl (C=O) groups is 1. The molecule has 130 valence electrons. The molecule has 0 radical (unpaired) electrons. The summed E-state index contributed by atoms with van der Waals surface area (Å²) in [6.45, 7) is 2.17. The van der Waals surface area contributed by atoms with Gasteiger partial charge in [0.2, 0.25) is 11.0 Å².